The van der Waals surface area contributed by atoms with Crippen molar-refractivity contribution in [1.82, 2.24) is 14.9 Å². The van der Waals surface area contributed by atoms with Gasteiger partial charge >= 0.3 is 0 Å². The smallest absolute Gasteiger partial charge is 0.259 e. The summed E-state index contributed by atoms with van der Waals surface area (Å²) >= 11 is 2.93. The normalized spacial score (nSPS) is 13.9. The van der Waals surface area contributed by atoms with Crippen molar-refractivity contribution < 1.29 is 9.59 Å². The number of thioether (sulfide) groups is 2. The number of hydrogen-bond donors (Lipinski definition) is 4. The Morgan fingerprint density at radius 1 is 1.06 bits per heavy atom. The lowest BCUT2D eigenvalue weighted by molar-refractivity contribution is -0.122. The van der Waals surface area contributed by atoms with E-state index >= 15 is 0 Å². The molecule has 0 saturated carbocycles. The third kappa shape index (κ3) is 3.80. The van der Waals surface area contributed by atoms with E-state index in [2.05, 4.69) is 14.9 Å². The second kappa shape index (κ2) is 9.08. The van der Waals surface area contributed by atoms with Gasteiger partial charge in [-0.3, -0.25) is 20.3 Å². The first-order valence-electron chi connectivity index (χ1n) is 10.8. The van der Waals surface area contributed by atoms with Gasteiger partial charge in [0.15, 0.2) is 5.17 Å². The molecule has 5 rings (SSSR count). The predicted octanol–water partition coefficient (Wildman–Crippen LogP) is 4.43. The molecular weight excluding hydrogens is 466 g/mol. The zero-order valence-corrected chi connectivity index (χ0v) is 20.1. The molecular formula is C25H23N5O2S2. The number of rotatable bonds is 7. The third-order valence-electron chi connectivity index (χ3n) is 5.95. The summed E-state index contributed by atoms with van der Waals surface area (Å²) in [5.74, 6) is -0.0352. The minimum Gasteiger partial charge on any atom is -0.379 e. The fraction of sp³-hybridized carbons (Fsp3) is 0.160. The number of nitrogens with zero attached hydrogens (tertiary/aromatic N) is 1. The number of H-pyrrole nitrogens is 1. The first kappa shape index (κ1) is 22.4. The molecule has 2 amide bonds. The number of nitrogens with two attached hydrogens (primary N) is 1. The molecule has 2 aromatic heterocycles. The number of amides is 2. The molecule has 0 bridgehead atoms. The summed E-state index contributed by atoms with van der Waals surface area (Å²) in [6.07, 6.45) is 6.60. The molecule has 0 fully saturated rings. The molecule has 5 N–H and O–H groups in total. The molecule has 1 aliphatic rings. The number of aryl methyl sites for hydroxylation is 1. The highest BCUT2D eigenvalue weighted by atomic mass is 32.2. The Morgan fingerprint density at radius 2 is 1.82 bits per heavy atom. The number of fused-ring (bicyclic) bond motifs is 2. The third-order valence-corrected chi connectivity index (χ3v) is 7.53. The highest BCUT2D eigenvalue weighted by Crippen LogP contribution is 2.41. The van der Waals surface area contributed by atoms with Crippen LogP contribution >= 0.6 is 23.5 Å². The molecule has 0 saturated heterocycles. The number of aromatic amines is 1. The van der Waals surface area contributed by atoms with E-state index in [9.17, 15) is 9.59 Å². The van der Waals surface area contributed by atoms with Gasteiger partial charge in [-0.1, -0.05) is 36.0 Å². The van der Waals surface area contributed by atoms with E-state index < -0.39 is 0 Å². The summed E-state index contributed by atoms with van der Waals surface area (Å²) in [6, 6.07) is 13.8. The molecule has 1 aliphatic heterocycles. The molecule has 9 heteroatoms. The number of aromatic nitrogens is 2. The average molecular weight is 490 g/mol. The van der Waals surface area contributed by atoms with Gasteiger partial charge in [-0.15, -0.1) is 11.8 Å². The van der Waals surface area contributed by atoms with E-state index in [1.54, 1.807) is 18.0 Å². The van der Waals surface area contributed by atoms with Gasteiger partial charge in [0.1, 0.15) is 0 Å². The highest BCUT2D eigenvalue weighted by Gasteiger charge is 2.35. The maximum Gasteiger partial charge on any atom is 0.259 e. The van der Waals surface area contributed by atoms with Gasteiger partial charge in [0.05, 0.1) is 11.1 Å². The minimum atomic E-state index is -0.384. The number of para-hydroxylation sites is 1. The lowest BCUT2D eigenvalue weighted by Gasteiger charge is -2.06. The maximum absolute atomic E-state index is 13.2. The molecule has 34 heavy (non-hydrogen) atoms. The molecule has 2 aromatic carbocycles. The van der Waals surface area contributed by atoms with Crippen molar-refractivity contribution in [2.24, 2.45) is 5.73 Å². The van der Waals surface area contributed by atoms with Gasteiger partial charge in [-0.25, -0.2) is 0 Å². The molecule has 7 nitrogen and oxygen atoms in total. The fourth-order valence-corrected chi connectivity index (χ4v) is 5.66. The van der Waals surface area contributed by atoms with Crippen molar-refractivity contribution in [2.45, 2.75) is 17.9 Å². The highest BCUT2D eigenvalue weighted by molar-refractivity contribution is 8.13. The number of nitrogens with one attached hydrogen (secondary N) is 3. The Labute approximate surface area is 204 Å². The molecule has 0 atom stereocenters. The van der Waals surface area contributed by atoms with E-state index in [1.807, 2.05) is 54.9 Å². The topological polar surface area (TPSA) is 117 Å². The molecule has 3 heterocycles. The summed E-state index contributed by atoms with van der Waals surface area (Å²) in [6.45, 7) is 0.708. The second-order valence-corrected chi connectivity index (χ2v) is 9.92. The van der Waals surface area contributed by atoms with Crippen molar-refractivity contribution in [3.8, 4) is 0 Å². The van der Waals surface area contributed by atoms with Crippen LogP contribution in [0.15, 0.2) is 59.8 Å². The fourth-order valence-electron chi connectivity index (χ4n) is 4.53. The van der Waals surface area contributed by atoms with Gasteiger partial charge in [0, 0.05) is 62.5 Å². The van der Waals surface area contributed by atoms with Crippen LogP contribution in [0.1, 0.15) is 17.5 Å². The van der Waals surface area contributed by atoms with Crippen molar-refractivity contribution in [2.75, 3.05) is 12.0 Å². The molecule has 0 aliphatic carbocycles. The lowest BCUT2D eigenvalue weighted by Crippen LogP contribution is -2.22. The van der Waals surface area contributed by atoms with Gasteiger partial charge in [0.25, 0.3) is 11.8 Å². The average Bonchev–Trinajstić information content (AvgIpc) is 3.49. The number of carbonyl (C=O) groups excluding carboxylic acids is 2. The molecule has 0 radical (unpaired) electrons. The Bertz CT molecular complexity index is 1500. The monoisotopic (exact) mass is 489 g/mol. The largest absolute Gasteiger partial charge is 0.379 e. The van der Waals surface area contributed by atoms with E-state index in [0.29, 0.717) is 23.3 Å². The quantitative estimate of drug-likeness (QED) is 0.101. The Balaban J connectivity index is 1.71. The number of hydrogen-bond acceptors (Lipinski definition) is 5. The van der Waals surface area contributed by atoms with Gasteiger partial charge in [-0.05, 0) is 30.9 Å². The molecule has 0 unspecified atom stereocenters. The number of imide groups is 1. The molecule has 172 valence electrons. The van der Waals surface area contributed by atoms with Crippen LogP contribution in [0.5, 0.6) is 0 Å². The lowest BCUT2D eigenvalue weighted by atomic mass is 9.95. The molecule has 4 aromatic rings. The SMILES string of the molecule is CSc1cccc2c1c(C1=C(c3c[nH]c4ccccc34)C(=O)NC1=O)cn2CCCSC(=N)N. The van der Waals surface area contributed by atoms with E-state index in [4.69, 9.17) is 11.1 Å². The summed E-state index contributed by atoms with van der Waals surface area (Å²) in [5.41, 5.74) is 9.65. The van der Waals surface area contributed by atoms with Crippen LogP contribution in [0, 0.1) is 5.41 Å². The summed E-state index contributed by atoms with van der Waals surface area (Å²) < 4.78 is 2.13. The van der Waals surface area contributed by atoms with Gasteiger partial charge in [-0.2, -0.15) is 0 Å². The first-order valence-corrected chi connectivity index (χ1v) is 13.0. The summed E-state index contributed by atoms with van der Waals surface area (Å²) in [4.78, 5) is 30.5. The summed E-state index contributed by atoms with van der Waals surface area (Å²) in [7, 11) is 0. The number of amidine groups is 1. The van der Waals surface area contributed by atoms with Crippen LogP contribution in [-0.4, -0.2) is 38.5 Å². The minimum absolute atomic E-state index is 0.109. The summed E-state index contributed by atoms with van der Waals surface area (Å²) in [5, 5.41) is 11.9. The standard InChI is InChI=1S/C25H23N5O2S2/c1-33-19-9-4-8-18-20(19)16(13-30(18)10-5-11-34-25(26)27)22-21(23(31)29-24(22)32)15-12-28-17-7-3-2-6-14(15)17/h2-4,6-9,12-13,28H,5,10-11H2,1H3,(H3,26,27)(H,29,31,32). The van der Waals surface area contributed by atoms with Gasteiger partial charge < -0.3 is 15.3 Å². The van der Waals surface area contributed by atoms with Crippen LogP contribution in [0.2, 0.25) is 0 Å². The van der Waals surface area contributed by atoms with Crippen LogP contribution < -0.4 is 11.1 Å². The second-order valence-electron chi connectivity index (χ2n) is 7.94. The van der Waals surface area contributed by atoms with Crippen molar-refractivity contribution in [3.63, 3.8) is 0 Å². The van der Waals surface area contributed by atoms with Crippen LogP contribution in [0.4, 0.5) is 0 Å². The van der Waals surface area contributed by atoms with Gasteiger partial charge in [0.2, 0.25) is 0 Å². The Kier molecular flexibility index (Phi) is 5.97. The van der Waals surface area contributed by atoms with Crippen LogP contribution in [-0.2, 0) is 16.1 Å². The molecule has 0 spiro atoms. The van der Waals surface area contributed by atoms with Crippen molar-refractivity contribution in [1.29, 1.82) is 5.41 Å². The zero-order valence-electron chi connectivity index (χ0n) is 18.5. The Morgan fingerprint density at radius 3 is 2.59 bits per heavy atom. The van der Waals surface area contributed by atoms with E-state index in [-0.39, 0.29) is 17.0 Å². The number of carbonyl (C=O) groups is 2. The van der Waals surface area contributed by atoms with Crippen molar-refractivity contribution in [3.05, 3.63) is 66.0 Å². The Hall–Kier alpha value is -3.43. The predicted molar refractivity (Wildman–Crippen MR) is 141 cm³/mol. The number of benzene rings is 2. The van der Waals surface area contributed by atoms with Crippen LogP contribution in [0.25, 0.3) is 33.0 Å². The zero-order chi connectivity index (χ0) is 23.8. The van der Waals surface area contributed by atoms with E-state index in [0.717, 1.165) is 44.4 Å². The van der Waals surface area contributed by atoms with E-state index in [1.165, 1.54) is 11.8 Å². The van der Waals surface area contributed by atoms with Crippen molar-refractivity contribution >= 4 is 73.5 Å². The first-order chi connectivity index (χ1) is 16.5. The van der Waals surface area contributed by atoms with Crippen LogP contribution in [0.3, 0.4) is 0 Å². The maximum atomic E-state index is 13.2.